The van der Waals surface area contributed by atoms with Crippen molar-refractivity contribution in [2.45, 2.75) is 19.4 Å². The third kappa shape index (κ3) is 3.76. The standard InChI is InChI=1S/C17H16O/c1-14-7-9-15(10-8-14)11-12-17(18)13-16-5-3-2-4-6-16/h2-10,17-18H,13H2,1H3. The first-order valence-corrected chi connectivity index (χ1v) is 6.04. The lowest BCUT2D eigenvalue weighted by molar-refractivity contribution is 0.233. The molecule has 0 aliphatic carbocycles. The van der Waals surface area contributed by atoms with Gasteiger partial charge in [-0.2, -0.15) is 0 Å². The van der Waals surface area contributed by atoms with Crippen LogP contribution in [0, 0.1) is 18.8 Å². The molecule has 2 aromatic carbocycles. The molecule has 0 spiro atoms. The van der Waals surface area contributed by atoms with Gasteiger partial charge in [0.2, 0.25) is 0 Å². The van der Waals surface area contributed by atoms with Crippen LogP contribution in [0.1, 0.15) is 16.7 Å². The summed E-state index contributed by atoms with van der Waals surface area (Å²) in [4.78, 5) is 0. The number of benzene rings is 2. The van der Waals surface area contributed by atoms with E-state index in [0.29, 0.717) is 6.42 Å². The zero-order valence-electron chi connectivity index (χ0n) is 10.4. The minimum absolute atomic E-state index is 0.569. The van der Waals surface area contributed by atoms with Gasteiger partial charge in [0.1, 0.15) is 6.10 Å². The second-order valence-corrected chi connectivity index (χ2v) is 4.34. The largest absolute Gasteiger partial charge is 0.380 e. The van der Waals surface area contributed by atoms with Crippen LogP contribution in [-0.4, -0.2) is 11.2 Å². The first-order valence-electron chi connectivity index (χ1n) is 6.04. The Morgan fingerprint density at radius 1 is 1.00 bits per heavy atom. The molecule has 1 atom stereocenters. The molecule has 0 aliphatic heterocycles. The predicted octanol–water partition coefficient (Wildman–Crippen LogP) is 2.95. The molecule has 0 saturated heterocycles. The van der Waals surface area contributed by atoms with Gasteiger partial charge in [-0.1, -0.05) is 59.9 Å². The van der Waals surface area contributed by atoms with Crippen molar-refractivity contribution in [3.63, 3.8) is 0 Å². The molecular formula is C17H16O. The predicted molar refractivity (Wildman–Crippen MR) is 74.2 cm³/mol. The Bertz CT molecular complexity index is 544. The molecule has 0 heterocycles. The molecule has 1 N–H and O–H groups in total. The van der Waals surface area contributed by atoms with Crippen molar-refractivity contribution in [3.8, 4) is 11.8 Å². The molecular weight excluding hydrogens is 220 g/mol. The molecule has 0 aliphatic rings. The summed E-state index contributed by atoms with van der Waals surface area (Å²) in [5.74, 6) is 5.86. The SMILES string of the molecule is Cc1ccc(C#CC(O)Cc2ccccc2)cc1. The van der Waals surface area contributed by atoms with Crippen LogP contribution < -0.4 is 0 Å². The van der Waals surface area contributed by atoms with Gasteiger partial charge >= 0.3 is 0 Å². The van der Waals surface area contributed by atoms with E-state index in [4.69, 9.17) is 0 Å². The van der Waals surface area contributed by atoms with E-state index in [-0.39, 0.29) is 0 Å². The Morgan fingerprint density at radius 2 is 1.67 bits per heavy atom. The van der Waals surface area contributed by atoms with Crippen LogP contribution in [0.2, 0.25) is 0 Å². The van der Waals surface area contributed by atoms with E-state index in [1.165, 1.54) is 5.56 Å². The van der Waals surface area contributed by atoms with Gasteiger partial charge in [0.05, 0.1) is 0 Å². The molecule has 0 saturated carbocycles. The van der Waals surface area contributed by atoms with E-state index in [9.17, 15) is 5.11 Å². The summed E-state index contributed by atoms with van der Waals surface area (Å²) in [6.45, 7) is 2.04. The fraction of sp³-hybridized carbons (Fsp3) is 0.176. The minimum atomic E-state index is -0.617. The zero-order valence-corrected chi connectivity index (χ0v) is 10.4. The number of aryl methyl sites for hydroxylation is 1. The normalized spacial score (nSPS) is 11.4. The van der Waals surface area contributed by atoms with Crippen LogP contribution in [0.5, 0.6) is 0 Å². The highest BCUT2D eigenvalue weighted by atomic mass is 16.3. The Hall–Kier alpha value is -2.04. The summed E-state index contributed by atoms with van der Waals surface area (Å²) in [5.41, 5.74) is 3.25. The van der Waals surface area contributed by atoms with Gasteiger partial charge < -0.3 is 5.11 Å². The van der Waals surface area contributed by atoms with Gasteiger partial charge in [-0.3, -0.25) is 0 Å². The van der Waals surface area contributed by atoms with Crippen LogP contribution in [-0.2, 0) is 6.42 Å². The third-order valence-electron chi connectivity index (χ3n) is 2.71. The zero-order chi connectivity index (χ0) is 12.8. The van der Waals surface area contributed by atoms with Crippen molar-refractivity contribution in [3.05, 3.63) is 71.3 Å². The molecule has 0 radical (unpaired) electrons. The first kappa shape index (κ1) is 12.4. The Labute approximate surface area is 108 Å². The second kappa shape index (κ2) is 6.05. The van der Waals surface area contributed by atoms with E-state index in [0.717, 1.165) is 11.1 Å². The molecule has 0 bridgehead atoms. The monoisotopic (exact) mass is 236 g/mol. The van der Waals surface area contributed by atoms with Gasteiger partial charge in [0.15, 0.2) is 0 Å². The Balaban J connectivity index is 2.00. The maximum atomic E-state index is 9.84. The summed E-state index contributed by atoms with van der Waals surface area (Å²) in [6.07, 6.45) is -0.0478. The molecule has 90 valence electrons. The van der Waals surface area contributed by atoms with Crippen molar-refractivity contribution in [1.29, 1.82) is 0 Å². The highest BCUT2D eigenvalue weighted by Gasteiger charge is 2.00. The molecule has 0 amide bonds. The van der Waals surface area contributed by atoms with Crippen LogP contribution >= 0.6 is 0 Å². The van der Waals surface area contributed by atoms with Crippen molar-refractivity contribution in [2.24, 2.45) is 0 Å². The maximum Gasteiger partial charge on any atom is 0.119 e. The summed E-state index contributed by atoms with van der Waals surface area (Å²) in [7, 11) is 0. The lowest BCUT2D eigenvalue weighted by atomic mass is 10.1. The van der Waals surface area contributed by atoms with Gasteiger partial charge in [-0.25, -0.2) is 0 Å². The fourth-order valence-corrected chi connectivity index (χ4v) is 1.69. The highest BCUT2D eigenvalue weighted by Crippen LogP contribution is 2.04. The highest BCUT2D eigenvalue weighted by molar-refractivity contribution is 5.36. The summed E-state index contributed by atoms with van der Waals surface area (Å²) < 4.78 is 0. The molecule has 1 heteroatoms. The van der Waals surface area contributed by atoms with Gasteiger partial charge in [-0.15, -0.1) is 0 Å². The smallest absolute Gasteiger partial charge is 0.119 e. The lowest BCUT2D eigenvalue weighted by Gasteiger charge is -2.02. The van der Waals surface area contributed by atoms with Gasteiger partial charge in [0.25, 0.3) is 0 Å². The lowest BCUT2D eigenvalue weighted by Crippen LogP contribution is -2.06. The van der Waals surface area contributed by atoms with Crippen LogP contribution in [0.3, 0.4) is 0 Å². The van der Waals surface area contributed by atoms with Crippen LogP contribution in [0.15, 0.2) is 54.6 Å². The number of aliphatic hydroxyl groups is 1. The molecule has 2 rings (SSSR count). The van der Waals surface area contributed by atoms with Crippen LogP contribution in [0.4, 0.5) is 0 Å². The fourth-order valence-electron chi connectivity index (χ4n) is 1.69. The van der Waals surface area contributed by atoms with E-state index < -0.39 is 6.10 Å². The van der Waals surface area contributed by atoms with Crippen molar-refractivity contribution in [2.75, 3.05) is 0 Å². The van der Waals surface area contributed by atoms with Gasteiger partial charge in [0, 0.05) is 12.0 Å². The van der Waals surface area contributed by atoms with Crippen molar-refractivity contribution in [1.82, 2.24) is 0 Å². The molecule has 1 unspecified atom stereocenters. The second-order valence-electron chi connectivity index (χ2n) is 4.34. The number of aliphatic hydroxyl groups excluding tert-OH is 1. The number of rotatable bonds is 2. The van der Waals surface area contributed by atoms with Crippen molar-refractivity contribution < 1.29 is 5.11 Å². The van der Waals surface area contributed by atoms with E-state index in [1.54, 1.807) is 0 Å². The molecule has 1 nitrogen and oxygen atoms in total. The Kier molecular flexibility index (Phi) is 4.17. The van der Waals surface area contributed by atoms with E-state index in [1.807, 2.05) is 61.5 Å². The minimum Gasteiger partial charge on any atom is -0.380 e. The maximum absolute atomic E-state index is 9.84. The molecule has 0 fully saturated rings. The average molecular weight is 236 g/mol. The molecule has 2 aromatic rings. The number of hydrogen-bond acceptors (Lipinski definition) is 1. The average Bonchev–Trinajstić information content (AvgIpc) is 2.39. The Morgan fingerprint density at radius 3 is 2.33 bits per heavy atom. The van der Waals surface area contributed by atoms with E-state index in [2.05, 4.69) is 11.8 Å². The van der Waals surface area contributed by atoms with Crippen LogP contribution in [0.25, 0.3) is 0 Å². The summed E-state index contributed by atoms with van der Waals surface area (Å²) in [6, 6.07) is 17.9. The molecule has 18 heavy (non-hydrogen) atoms. The number of hydrogen-bond donors (Lipinski definition) is 1. The quantitative estimate of drug-likeness (QED) is 0.795. The van der Waals surface area contributed by atoms with E-state index >= 15 is 0 Å². The summed E-state index contributed by atoms with van der Waals surface area (Å²) >= 11 is 0. The molecule has 0 aromatic heterocycles. The summed E-state index contributed by atoms with van der Waals surface area (Å²) in [5, 5.41) is 9.84. The third-order valence-corrected chi connectivity index (χ3v) is 2.71. The van der Waals surface area contributed by atoms with Crippen molar-refractivity contribution >= 4 is 0 Å². The topological polar surface area (TPSA) is 20.2 Å². The van der Waals surface area contributed by atoms with Gasteiger partial charge in [-0.05, 0) is 24.6 Å². The first-order chi connectivity index (χ1) is 8.74.